The van der Waals surface area contributed by atoms with E-state index >= 15 is 0 Å². The first-order valence-electron chi connectivity index (χ1n) is 7.19. The van der Waals surface area contributed by atoms with Gasteiger partial charge in [0.2, 0.25) is 0 Å². The van der Waals surface area contributed by atoms with Gasteiger partial charge in [0.25, 0.3) is 0 Å². The quantitative estimate of drug-likeness (QED) is 0.714. The first-order chi connectivity index (χ1) is 7.92. The number of rotatable bonds is 2. The summed E-state index contributed by atoms with van der Waals surface area (Å²) in [6.07, 6.45) is 8.71. The average molecular weight is 236 g/mol. The largest absolute Gasteiger partial charge is 0.396 e. The summed E-state index contributed by atoms with van der Waals surface area (Å²) in [5, 5.41) is 9.34. The molecule has 0 bridgehead atoms. The molecule has 17 heavy (non-hydrogen) atoms. The van der Waals surface area contributed by atoms with E-state index in [4.69, 9.17) is 0 Å². The van der Waals surface area contributed by atoms with Gasteiger partial charge in [0, 0.05) is 6.61 Å². The monoisotopic (exact) mass is 236 g/mol. The Morgan fingerprint density at radius 2 is 2.00 bits per heavy atom. The van der Waals surface area contributed by atoms with Crippen molar-refractivity contribution in [3.8, 4) is 0 Å². The lowest BCUT2D eigenvalue weighted by Crippen LogP contribution is -2.48. The van der Waals surface area contributed by atoms with Crippen LogP contribution in [0.15, 0.2) is 11.6 Å². The van der Waals surface area contributed by atoms with E-state index in [1.807, 2.05) is 0 Å². The summed E-state index contributed by atoms with van der Waals surface area (Å²) >= 11 is 0. The van der Waals surface area contributed by atoms with Gasteiger partial charge in [-0.3, -0.25) is 0 Å². The van der Waals surface area contributed by atoms with Crippen LogP contribution in [0.4, 0.5) is 0 Å². The molecule has 2 aliphatic carbocycles. The lowest BCUT2D eigenvalue weighted by atomic mass is 9.48. The molecule has 1 fully saturated rings. The molecule has 1 heteroatoms. The van der Waals surface area contributed by atoms with Crippen LogP contribution < -0.4 is 0 Å². The Hall–Kier alpha value is -0.300. The SMILES string of the molecule is CC1=CCC2C(C)(C)CCCC2(C)C1CCO. The van der Waals surface area contributed by atoms with Gasteiger partial charge in [0.05, 0.1) is 0 Å². The van der Waals surface area contributed by atoms with Crippen molar-refractivity contribution in [2.45, 2.75) is 59.8 Å². The third-order valence-corrected chi connectivity index (χ3v) is 5.71. The van der Waals surface area contributed by atoms with E-state index in [0.717, 1.165) is 12.3 Å². The predicted octanol–water partition coefficient (Wildman–Crippen LogP) is 4.17. The van der Waals surface area contributed by atoms with Gasteiger partial charge in [-0.15, -0.1) is 0 Å². The van der Waals surface area contributed by atoms with Gasteiger partial charge in [-0.05, 0) is 55.3 Å². The van der Waals surface area contributed by atoms with Gasteiger partial charge in [0.15, 0.2) is 0 Å². The molecular formula is C16H28O. The van der Waals surface area contributed by atoms with Crippen molar-refractivity contribution in [1.82, 2.24) is 0 Å². The minimum absolute atomic E-state index is 0.332. The van der Waals surface area contributed by atoms with Crippen molar-refractivity contribution < 1.29 is 5.11 Å². The van der Waals surface area contributed by atoms with Crippen LogP contribution >= 0.6 is 0 Å². The minimum atomic E-state index is 0.332. The first-order valence-corrected chi connectivity index (χ1v) is 7.19. The molecule has 98 valence electrons. The Morgan fingerprint density at radius 3 is 2.65 bits per heavy atom. The van der Waals surface area contributed by atoms with E-state index in [0.29, 0.717) is 23.4 Å². The van der Waals surface area contributed by atoms with Gasteiger partial charge < -0.3 is 5.11 Å². The van der Waals surface area contributed by atoms with E-state index in [-0.39, 0.29) is 0 Å². The van der Waals surface area contributed by atoms with Gasteiger partial charge in [-0.2, -0.15) is 0 Å². The van der Waals surface area contributed by atoms with Crippen molar-refractivity contribution in [3.63, 3.8) is 0 Å². The zero-order chi connectivity index (χ0) is 12.7. The molecule has 3 atom stereocenters. The third-order valence-electron chi connectivity index (χ3n) is 5.71. The highest BCUT2D eigenvalue weighted by Gasteiger charge is 2.51. The molecule has 0 aromatic heterocycles. The highest BCUT2D eigenvalue weighted by molar-refractivity contribution is 5.18. The Morgan fingerprint density at radius 1 is 1.29 bits per heavy atom. The molecule has 0 aliphatic heterocycles. The van der Waals surface area contributed by atoms with Crippen LogP contribution in [0.3, 0.4) is 0 Å². The molecular weight excluding hydrogens is 208 g/mol. The second-order valence-electron chi connectivity index (χ2n) is 7.15. The van der Waals surface area contributed by atoms with Gasteiger partial charge in [0.1, 0.15) is 0 Å². The number of aliphatic hydroxyl groups excluding tert-OH is 1. The van der Waals surface area contributed by atoms with Crippen molar-refractivity contribution >= 4 is 0 Å². The predicted molar refractivity (Wildman–Crippen MR) is 72.8 cm³/mol. The number of hydrogen-bond acceptors (Lipinski definition) is 1. The number of hydrogen-bond donors (Lipinski definition) is 1. The maximum atomic E-state index is 9.34. The molecule has 3 unspecified atom stereocenters. The van der Waals surface area contributed by atoms with E-state index in [1.165, 1.54) is 31.3 Å². The Bertz CT molecular complexity index is 315. The van der Waals surface area contributed by atoms with Crippen LogP contribution in [-0.4, -0.2) is 11.7 Å². The molecule has 0 aromatic rings. The summed E-state index contributed by atoms with van der Waals surface area (Å²) in [7, 11) is 0. The molecule has 2 rings (SSSR count). The zero-order valence-corrected chi connectivity index (χ0v) is 11.9. The maximum Gasteiger partial charge on any atom is 0.0436 e. The molecule has 0 saturated heterocycles. The number of fused-ring (bicyclic) bond motifs is 1. The van der Waals surface area contributed by atoms with Crippen LogP contribution in [-0.2, 0) is 0 Å². The minimum Gasteiger partial charge on any atom is -0.396 e. The average Bonchev–Trinajstić information content (AvgIpc) is 2.22. The summed E-state index contributed by atoms with van der Waals surface area (Å²) in [4.78, 5) is 0. The van der Waals surface area contributed by atoms with Gasteiger partial charge in [-0.25, -0.2) is 0 Å². The Labute approximate surface area is 106 Å². The molecule has 0 spiro atoms. The first kappa shape index (κ1) is 13.1. The fraction of sp³-hybridized carbons (Fsp3) is 0.875. The lowest BCUT2D eigenvalue weighted by Gasteiger charge is -2.56. The van der Waals surface area contributed by atoms with Gasteiger partial charge >= 0.3 is 0 Å². The summed E-state index contributed by atoms with van der Waals surface area (Å²) in [6, 6.07) is 0. The fourth-order valence-electron chi connectivity index (χ4n) is 4.82. The van der Waals surface area contributed by atoms with Crippen LogP contribution in [0.25, 0.3) is 0 Å². The Balaban J connectivity index is 2.35. The van der Waals surface area contributed by atoms with E-state index in [1.54, 1.807) is 0 Å². The number of allylic oxidation sites excluding steroid dienone is 2. The van der Waals surface area contributed by atoms with E-state index in [2.05, 4.69) is 33.8 Å². The smallest absolute Gasteiger partial charge is 0.0436 e. The molecule has 0 heterocycles. The summed E-state index contributed by atoms with van der Waals surface area (Å²) in [6.45, 7) is 9.97. The number of aliphatic hydroxyl groups is 1. The van der Waals surface area contributed by atoms with E-state index in [9.17, 15) is 5.11 Å². The molecule has 1 nitrogen and oxygen atoms in total. The van der Waals surface area contributed by atoms with Crippen LogP contribution in [0.5, 0.6) is 0 Å². The molecule has 0 aromatic carbocycles. The van der Waals surface area contributed by atoms with Gasteiger partial charge in [-0.1, -0.05) is 38.8 Å². The summed E-state index contributed by atoms with van der Waals surface area (Å²) in [5.74, 6) is 1.40. The third kappa shape index (κ3) is 2.07. The van der Waals surface area contributed by atoms with Crippen molar-refractivity contribution in [1.29, 1.82) is 0 Å². The van der Waals surface area contributed by atoms with Crippen molar-refractivity contribution in [3.05, 3.63) is 11.6 Å². The molecule has 1 saturated carbocycles. The fourth-order valence-corrected chi connectivity index (χ4v) is 4.82. The Kier molecular flexibility index (Phi) is 3.42. The molecule has 0 amide bonds. The molecule has 2 aliphatic rings. The molecule has 0 radical (unpaired) electrons. The highest BCUT2D eigenvalue weighted by atomic mass is 16.3. The van der Waals surface area contributed by atoms with E-state index < -0.39 is 0 Å². The second-order valence-corrected chi connectivity index (χ2v) is 7.15. The van der Waals surface area contributed by atoms with Crippen LogP contribution in [0.1, 0.15) is 59.8 Å². The van der Waals surface area contributed by atoms with Crippen molar-refractivity contribution in [2.75, 3.05) is 6.61 Å². The van der Waals surface area contributed by atoms with Crippen LogP contribution in [0, 0.1) is 22.7 Å². The van der Waals surface area contributed by atoms with Crippen LogP contribution in [0.2, 0.25) is 0 Å². The highest BCUT2D eigenvalue weighted by Crippen LogP contribution is 2.60. The second kappa shape index (κ2) is 4.42. The topological polar surface area (TPSA) is 20.2 Å². The lowest BCUT2D eigenvalue weighted by molar-refractivity contribution is -0.0425. The standard InChI is InChI=1S/C16H28O/c1-12-6-7-14-15(2,3)9-5-10-16(14,4)13(12)8-11-17/h6,13-14,17H,5,7-11H2,1-4H3. The normalized spacial score (nSPS) is 40.6. The maximum absolute atomic E-state index is 9.34. The molecule has 1 N–H and O–H groups in total. The van der Waals surface area contributed by atoms with Crippen molar-refractivity contribution in [2.24, 2.45) is 22.7 Å². The summed E-state index contributed by atoms with van der Waals surface area (Å²) < 4.78 is 0. The summed E-state index contributed by atoms with van der Waals surface area (Å²) in [5.41, 5.74) is 2.41. The zero-order valence-electron chi connectivity index (χ0n) is 11.9.